The molecular formula is C21H26N4O2S+2. The van der Waals surface area contributed by atoms with Crippen LogP contribution >= 0.6 is 11.3 Å². The van der Waals surface area contributed by atoms with Crippen molar-refractivity contribution >= 4 is 16.3 Å². The lowest BCUT2D eigenvalue weighted by Crippen LogP contribution is -3.27. The number of hydrogen-bond donors (Lipinski definition) is 3. The first-order valence-corrected chi connectivity index (χ1v) is 11.0. The maximum Gasteiger partial charge on any atom is 0.258 e. The SMILES string of the molecule is O=c1cc(C[NH+]2CC[NH+](Cc3cc4c(cc3O)CCC4)CC2)nc2sccn12. The van der Waals surface area contributed by atoms with Crippen LogP contribution in [0.4, 0.5) is 0 Å². The van der Waals surface area contributed by atoms with Gasteiger partial charge in [0.05, 0.1) is 0 Å². The largest absolute Gasteiger partial charge is 0.507 e. The summed E-state index contributed by atoms with van der Waals surface area (Å²) in [4.78, 5) is 20.6. The highest BCUT2D eigenvalue weighted by Gasteiger charge is 2.25. The average Bonchev–Trinajstić information content (AvgIpc) is 3.33. The van der Waals surface area contributed by atoms with Crippen LogP contribution in [-0.4, -0.2) is 40.7 Å². The van der Waals surface area contributed by atoms with Crippen molar-refractivity contribution < 1.29 is 14.9 Å². The van der Waals surface area contributed by atoms with Crippen LogP contribution in [0.5, 0.6) is 5.75 Å². The zero-order valence-electron chi connectivity index (χ0n) is 15.9. The number of phenolic OH excluding ortho intramolecular Hbond substituents is 1. The zero-order valence-corrected chi connectivity index (χ0v) is 16.7. The highest BCUT2D eigenvalue weighted by atomic mass is 32.1. The number of phenols is 1. The van der Waals surface area contributed by atoms with Crippen LogP contribution in [0.1, 0.15) is 28.8 Å². The van der Waals surface area contributed by atoms with E-state index < -0.39 is 0 Å². The molecule has 2 aromatic heterocycles. The van der Waals surface area contributed by atoms with Gasteiger partial charge in [0.1, 0.15) is 50.7 Å². The van der Waals surface area contributed by atoms with Gasteiger partial charge in [0.25, 0.3) is 5.56 Å². The highest BCUT2D eigenvalue weighted by Crippen LogP contribution is 2.28. The molecule has 5 rings (SSSR count). The van der Waals surface area contributed by atoms with Gasteiger partial charge in [-0.25, -0.2) is 4.98 Å². The summed E-state index contributed by atoms with van der Waals surface area (Å²) >= 11 is 1.50. The molecule has 3 N–H and O–H groups in total. The van der Waals surface area contributed by atoms with Crippen LogP contribution in [0.15, 0.2) is 34.6 Å². The van der Waals surface area contributed by atoms with Gasteiger partial charge in [0, 0.05) is 23.2 Å². The number of piperazine rings is 1. The van der Waals surface area contributed by atoms with Gasteiger partial charge in [0.15, 0.2) is 4.96 Å². The van der Waals surface area contributed by atoms with E-state index in [4.69, 9.17) is 0 Å². The van der Waals surface area contributed by atoms with E-state index in [1.54, 1.807) is 16.7 Å². The summed E-state index contributed by atoms with van der Waals surface area (Å²) in [7, 11) is 0. The Balaban J connectivity index is 1.21. The minimum atomic E-state index is 0.0111. The second-order valence-electron chi connectivity index (χ2n) is 8.10. The van der Waals surface area contributed by atoms with E-state index in [2.05, 4.69) is 11.1 Å². The number of nitrogens with one attached hydrogen (secondary N) is 2. The van der Waals surface area contributed by atoms with E-state index in [0.29, 0.717) is 5.75 Å². The van der Waals surface area contributed by atoms with Crippen molar-refractivity contribution in [3.05, 3.63) is 62.5 Å². The number of thiazole rings is 1. The molecule has 1 fully saturated rings. The Morgan fingerprint density at radius 2 is 1.75 bits per heavy atom. The van der Waals surface area contributed by atoms with Gasteiger partial charge >= 0.3 is 0 Å². The molecule has 3 aromatic rings. The Bertz CT molecular complexity index is 1070. The fraction of sp³-hybridized carbons (Fsp3) is 0.429. The summed E-state index contributed by atoms with van der Waals surface area (Å²) in [6, 6.07) is 5.90. The number of benzene rings is 1. The van der Waals surface area contributed by atoms with E-state index in [-0.39, 0.29) is 5.56 Å². The third-order valence-corrected chi connectivity index (χ3v) is 6.94. The minimum absolute atomic E-state index is 0.0111. The normalized spacial score (nSPS) is 21.9. The van der Waals surface area contributed by atoms with Crippen LogP contribution in [0.25, 0.3) is 4.96 Å². The van der Waals surface area contributed by atoms with Crippen molar-refractivity contribution in [2.24, 2.45) is 0 Å². The number of nitrogens with zero attached hydrogens (tertiary/aromatic N) is 2. The predicted octanol–water partition coefficient (Wildman–Crippen LogP) is -0.566. The maximum atomic E-state index is 12.2. The van der Waals surface area contributed by atoms with Gasteiger partial charge in [-0.1, -0.05) is 0 Å². The molecule has 0 saturated carbocycles. The third-order valence-electron chi connectivity index (χ3n) is 6.19. The standard InChI is InChI=1S/C21H24N4O2S/c26-19-11-16-3-1-2-15(16)10-17(19)13-23-4-6-24(7-5-23)14-18-12-20(27)25-8-9-28-21(25)22-18/h8-12,26H,1-7,13-14H2/p+2. The quantitative estimate of drug-likeness (QED) is 0.552. The smallest absolute Gasteiger partial charge is 0.258 e. The summed E-state index contributed by atoms with van der Waals surface area (Å²) in [6.07, 6.45) is 5.24. The monoisotopic (exact) mass is 398 g/mol. The molecule has 0 radical (unpaired) electrons. The third kappa shape index (κ3) is 3.45. The van der Waals surface area contributed by atoms with Crippen molar-refractivity contribution in [2.45, 2.75) is 32.4 Å². The fourth-order valence-corrected chi connectivity index (χ4v) is 5.36. The Morgan fingerprint density at radius 1 is 1.04 bits per heavy atom. The van der Waals surface area contributed by atoms with E-state index >= 15 is 0 Å². The van der Waals surface area contributed by atoms with Gasteiger partial charge in [0.2, 0.25) is 0 Å². The average molecular weight is 399 g/mol. The molecule has 0 unspecified atom stereocenters. The van der Waals surface area contributed by atoms with Crippen molar-refractivity contribution in [1.29, 1.82) is 0 Å². The molecule has 0 spiro atoms. The van der Waals surface area contributed by atoms with Crippen LogP contribution < -0.4 is 15.4 Å². The van der Waals surface area contributed by atoms with E-state index in [1.165, 1.54) is 38.7 Å². The summed E-state index contributed by atoms with van der Waals surface area (Å²) in [5.74, 6) is 0.469. The lowest BCUT2D eigenvalue weighted by Gasteiger charge is -2.29. The first-order chi connectivity index (χ1) is 13.7. The molecule has 0 atom stereocenters. The minimum Gasteiger partial charge on any atom is -0.507 e. The Morgan fingerprint density at radius 3 is 2.54 bits per heavy atom. The predicted molar refractivity (Wildman–Crippen MR) is 108 cm³/mol. The Kier molecular flexibility index (Phi) is 4.66. The van der Waals surface area contributed by atoms with Crippen molar-refractivity contribution in [3.63, 3.8) is 0 Å². The fourth-order valence-electron chi connectivity index (χ4n) is 4.62. The second-order valence-corrected chi connectivity index (χ2v) is 8.97. The van der Waals surface area contributed by atoms with Crippen LogP contribution in [0.3, 0.4) is 0 Å². The number of aromatic hydroxyl groups is 1. The summed E-state index contributed by atoms with van der Waals surface area (Å²) in [6.45, 7) is 5.98. The molecule has 1 aliphatic heterocycles. The molecule has 1 aromatic carbocycles. The molecule has 28 heavy (non-hydrogen) atoms. The van der Waals surface area contributed by atoms with Crippen molar-refractivity contribution in [3.8, 4) is 5.75 Å². The number of rotatable bonds is 4. The van der Waals surface area contributed by atoms with Gasteiger partial charge < -0.3 is 14.9 Å². The Labute approximate surface area is 167 Å². The molecule has 0 amide bonds. The van der Waals surface area contributed by atoms with Gasteiger partial charge in [-0.2, -0.15) is 0 Å². The molecule has 6 nitrogen and oxygen atoms in total. The van der Waals surface area contributed by atoms with E-state index in [0.717, 1.165) is 68.3 Å². The van der Waals surface area contributed by atoms with Gasteiger partial charge in [-0.05, 0) is 42.5 Å². The molecule has 1 saturated heterocycles. The van der Waals surface area contributed by atoms with Crippen LogP contribution in [0.2, 0.25) is 0 Å². The first kappa shape index (κ1) is 17.8. The maximum absolute atomic E-state index is 12.2. The summed E-state index contributed by atoms with van der Waals surface area (Å²) < 4.78 is 1.61. The number of quaternary nitrogens is 2. The molecule has 1 aliphatic carbocycles. The topological polar surface area (TPSA) is 63.5 Å². The molecule has 2 aliphatic rings. The molecule has 0 bridgehead atoms. The molecule has 3 heterocycles. The first-order valence-electron chi connectivity index (χ1n) is 10.1. The van der Waals surface area contributed by atoms with Crippen LogP contribution in [-0.2, 0) is 25.9 Å². The van der Waals surface area contributed by atoms with Gasteiger partial charge in [-0.15, -0.1) is 11.3 Å². The number of hydrogen-bond acceptors (Lipinski definition) is 4. The molecule has 7 heteroatoms. The van der Waals surface area contributed by atoms with Crippen molar-refractivity contribution in [1.82, 2.24) is 9.38 Å². The van der Waals surface area contributed by atoms with E-state index in [9.17, 15) is 9.90 Å². The van der Waals surface area contributed by atoms with E-state index in [1.807, 2.05) is 11.4 Å². The zero-order chi connectivity index (χ0) is 19.1. The lowest BCUT2D eigenvalue weighted by molar-refractivity contribution is -1.02. The number of aryl methyl sites for hydroxylation is 2. The molecular weight excluding hydrogens is 372 g/mol. The summed E-state index contributed by atoms with van der Waals surface area (Å²) in [5, 5.41) is 12.3. The van der Waals surface area contributed by atoms with Crippen molar-refractivity contribution in [2.75, 3.05) is 26.2 Å². The summed E-state index contributed by atoms with van der Waals surface area (Å²) in [5.41, 5.74) is 4.76. The Hall–Kier alpha value is -2.22. The lowest BCUT2D eigenvalue weighted by atomic mass is 10.0. The van der Waals surface area contributed by atoms with Gasteiger partial charge in [-0.3, -0.25) is 9.20 Å². The number of aromatic nitrogens is 2. The second kappa shape index (κ2) is 7.31. The highest BCUT2D eigenvalue weighted by molar-refractivity contribution is 7.15. The molecule has 146 valence electrons. The van der Waals surface area contributed by atoms with Crippen LogP contribution in [0, 0.1) is 0 Å². The number of fused-ring (bicyclic) bond motifs is 2.